The van der Waals surface area contributed by atoms with Crippen LogP contribution in [0.4, 0.5) is 0 Å². The van der Waals surface area contributed by atoms with Crippen molar-refractivity contribution in [3.63, 3.8) is 0 Å². The Labute approximate surface area is 234 Å². The minimum Gasteiger partial charge on any atom is -0.282 e. The highest BCUT2D eigenvalue weighted by molar-refractivity contribution is 8.14. The Hall–Kier alpha value is -0.480. The molecule has 0 unspecified atom stereocenters. The maximum absolute atomic E-state index is 11.5. The topological polar surface area (TPSA) is 38.5 Å². The van der Waals surface area contributed by atoms with Crippen molar-refractivity contribution >= 4 is 33.8 Å². The van der Waals surface area contributed by atoms with Crippen LogP contribution in [0.15, 0.2) is 24.3 Å². The van der Waals surface area contributed by atoms with Crippen molar-refractivity contribution in [1.82, 2.24) is 0 Å². The van der Waals surface area contributed by atoms with Crippen molar-refractivity contribution in [2.45, 2.75) is 156 Å². The molecule has 4 heteroatoms. The summed E-state index contributed by atoms with van der Waals surface area (Å²) >= 11 is 3.06. The maximum atomic E-state index is 11.5. The van der Waals surface area contributed by atoms with E-state index in [4.69, 9.17) is 0 Å². The average Bonchev–Trinajstić information content (AvgIpc) is 2.88. The van der Waals surface area contributed by atoms with Crippen LogP contribution in [-0.4, -0.2) is 26.5 Å². The summed E-state index contributed by atoms with van der Waals surface area (Å²) in [7, 11) is 0. The normalized spacial score (nSPS) is 11.2. The van der Waals surface area contributed by atoms with Crippen LogP contribution in [0.3, 0.4) is 0 Å². The van der Waals surface area contributed by atoms with E-state index in [-0.39, 0.29) is 5.12 Å². The van der Waals surface area contributed by atoms with Crippen LogP contribution >= 0.6 is 23.5 Å². The van der Waals surface area contributed by atoms with E-state index in [1.807, 2.05) is 12.2 Å². The quantitative estimate of drug-likeness (QED) is 0.0692. The molecule has 0 radical (unpaired) electrons. The number of rotatable bonds is 24. The first-order valence-electron chi connectivity index (χ1n) is 15.3. The highest BCUT2D eigenvalue weighted by atomic mass is 32.2. The third-order valence-corrected chi connectivity index (χ3v) is 7.79. The summed E-state index contributed by atoms with van der Waals surface area (Å²) in [6.45, 7) is 8.91. The molecule has 0 aliphatic carbocycles. The molecule has 0 aromatic carbocycles. The number of carbonyl (C=O) groups excluding carboxylic acids is 2. The lowest BCUT2D eigenvalue weighted by Crippen LogP contribution is -1.89. The number of allylic oxidation sites excluding steroid dienone is 2. The standard InChI is InChI=1S/2C16H30OS/c2*1-3-5-7-9-10-11-12-14-16(17)18-15-13-8-6-4-2/h2*12,14H,3-11,13,15H2,1-2H3/p+1/b2*14-12+. The van der Waals surface area contributed by atoms with Gasteiger partial charge in [0.05, 0.1) is 0 Å². The highest BCUT2D eigenvalue weighted by Gasteiger charge is 2.03. The van der Waals surface area contributed by atoms with Crippen molar-refractivity contribution in [3.05, 3.63) is 24.3 Å². The van der Waals surface area contributed by atoms with Gasteiger partial charge in [-0.1, -0.05) is 142 Å². The predicted octanol–water partition coefficient (Wildman–Crippen LogP) is 11.5. The summed E-state index contributed by atoms with van der Waals surface area (Å²) in [6.07, 6.45) is 33.2. The van der Waals surface area contributed by atoms with Crippen molar-refractivity contribution in [2.75, 3.05) is 11.5 Å². The zero-order valence-electron chi connectivity index (χ0n) is 24.5. The Bertz CT molecular complexity index is 468. The first kappa shape index (κ1) is 37.7. The molecule has 212 valence electrons. The number of carbonyl (C=O) groups is 1. The molecule has 2 nitrogen and oxygen atoms in total. The fourth-order valence-corrected chi connectivity index (χ4v) is 5.09. The molecule has 0 saturated heterocycles. The molecule has 0 rings (SSSR count). The summed E-state index contributed by atoms with van der Waals surface area (Å²) in [6, 6.07) is 0. The van der Waals surface area contributed by atoms with Crippen LogP contribution in [0.2, 0.25) is 0 Å². The molecule has 0 aliphatic heterocycles. The summed E-state index contributed by atoms with van der Waals surface area (Å²) in [4.78, 5) is 21.1. The van der Waals surface area contributed by atoms with Crippen molar-refractivity contribution in [2.24, 2.45) is 0 Å². The molecule has 0 heterocycles. The van der Waals surface area contributed by atoms with Gasteiger partial charge in [-0.15, -0.1) is 0 Å². The minimum atomic E-state index is 0.236. The SMILES string of the molecule is CCCCCCC/C=C/C(=O)SCCCCCC.CCCCCCC/C=C/C(=[OH+])SCCCCCC. The molecule has 0 saturated carbocycles. The van der Waals surface area contributed by atoms with E-state index in [0.717, 1.165) is 24.3 Å². The van der Waals surface area contributed by atoms with E-state index in [1.165, 1.54) is 127 Å². The average molecular weight is 542 g/mol. The van der Waals surface area contributed by atoms with E-state index in [9.17, 15) is 9.59 Å². The Kier molecular flexibility index (Phi) is 36.1. The second-order valence-electron chi connectivity index (χ2n) is 9.69. The Morgan fingerprint density at radius 3 is 1.39 bits per heavy atom. The first-order chi connectivity index (χ1) is 17.6. The van der Waals surface area contributed by atoms with Gasteiger partial charge in [0.25, 0.3) is 0 Å². The molecule has 1 N–H and O–H groups in total. The minimum absolute atomic E-state index is 0.236. The zero-order valence-corrected chi connectivity index (χ0v) is 26.2. The van der Waals surface area contributed by atoms with Gasteiger partial charge in [0, 0.05) is 17.6 Å². The first-order valence-corrected chi connectivity index (χ1v) is 17.3. The highest BCUT2D eigenvalue weighted by Crippen LogP contribution is 2.12. The van der Waals surface area contributed by atoms with Gasteiger partial charge in [-0.3, -0.25) is 9.59 Å². The van der Waals surface area contributed by atoms with E-state index in [0.29, 0.717) is 5.12 Å². The molecule has 0 spiro atoms. The zero-order chi connectivity index (χ0) is 27.0. The fraction of sp³-hybridized carbons (Fsp3) is 0.812. The van der Waals surface area contributed by atoms with Crippen molar-refractivity contribution in [3.8, 4) is 0 Å². The lowest BCUT2D eigenvalue weighted by Gasteiger charge is -1.98. The van der Waals surface area contributed by atoms with E-state index < -0.39 is 0 Å². The van der Waals surface area contributed by atoms with E-state index in [2.05, 4.69) is 33.8 Å². The van der Waals surface area contributed by atoms with Crippen molar-refractivity contribution < 1.29 is 9.59 Å². The molecule has 0 fully saturated rings. The van der Waals surface area contributed by atoms with Gasteiger partial charge >= 0.3 is 5.12 Å². The van der Waals surface area contributed by atoms with Crippen LogP contribution in [-0.2, 0) is 4.79 Å². The van der Waals surface area contributed by atoms with Crippen LogP contribution in [0.25, 0.3) is 0 Å². The number of thioether (sulfide) groups is 2. The van der Waals surface area contributed by atoms with Crippen LogP contribution < -0.4 is 0 Å². The Balaban J connectivity index is 0. The Morgan fingerprint density at radius 2 is 0.917 bits per heavy atom. The molecular weight excluding hydrogens is 480 g/mol. The molecule has 0 aromatic rings. The lowest BCUT2D eigenvalue weighted by atomic mass is 10.1. The van der Waals surface area contributed by atoms with Crippen molar-refractivity contribution in [1.29, 1.82) is 0 Å². The van der Waals surface area contributed by atoms with E-state index >= 15 is 0 Å². The van der Waals surface area contributed by atoms with Gasteiger partial charge in [-0.2, -0.15) is 0 Å². The second-order valence-corrected chi connectivity index (χ2v) is 11.9. The summed E-state index contributed by atoms with van der Waals surface area (Å²) in [5.41, 5.74) is 0. The monoisotopic (exact) mass is 541 g/mol. The second kappa shape index (κ2) is 34.5. The molecule has 0 bridgehead atoms. The lowest BCUT2D eigenvalue weighted by molar-refractivity contribution is -0.107. The van der Waals surface area contributed by atoms with Gasteiger partial charge in [0.15, 0.2) is 0 Å². The van der Waals surface area contributed by atoms with Gasteiger partial charge < -0.3 is 0 Å². The molecular formula is C32H61O2S2+. The summed E-state index contributed by atoms with van der Waals surface area (Å²) < 4.78 is 0. The smallest absolute Gasteiger partial charge is 0.282 e. The van der Waals surface area contributed by atoms with Gasteiger partial charge in [-0.25, -0.2) is 0 Å². The number of unbranched alkanes of at least 4 members (excludes halogenated alkanes) is 16. The van der Waals surface area contributed by atoms with Gasteiger partial charge in [0.2, 0.25) is 5.12 Å². The third kappa shape index (κ3) is 35.7. The molecule has 0 aromatic heterocycles. The largest absolute Gasteiger partial charge is 0.374 e. The summed E-state index contributed by atoms with van der Waals surface area (Å²) in [5.74, 6) is 2.03. The van der Waals surface area contributed by atoms with Crippen LogP contribution in [0, 0.1) is 0 Å². The van der Waals surface area contributed by atoms with Crippen LogP contribution in [0.5, 0.6) is 0 Å². The predicted molar refractivity (Wildman–Crippen MR) is 170 cm³/mol. The summed E-state index contributed by atoms with van der Waals surface area (Å²) in [5, 5.41) is 0.722. The van der Waals surface area contributed by atoms with Crippen LogP contribution in [0.1, 0.15) is 156 Å². The van der Waals surface area contributed by atoms with Gasteiger partial charge in [-0.05, 0) is 56.4 Å². The van der Waals surface area contributed by atoms with Gasteiger partial charge in [0.1, 0.15) is 0 Å². The fourth-order valence-electron chi connectivity index (χ4n) is 3.60. The van der Waals surface area contributed by atoms with E-state index in [1.54, 1.807) is 17.8 Å². The Morgan fingerprint density at radius 1 is 0.528 bits per heavy atom. The number of hydrogen-bond donors (Lipinski definition) is 0. The maximum Gasteiger partial charge on any atom is 0.374 e. The molecule has 0 amide bonds. The molecule has 0 aliphatic rings. The molecule has 0 atom stereocenters. The molecule has 36 heavy (non-hydrogen) atoms. The third-order valence-electron chi connectivity index (χ3n) is 5.95. The number of hydrogen-bond acceptors (Lipinski definition) is 3.